The fourth-order valence-corrected chi connectivity index (χ4v) is 4.93. The zero-order valence-corrected chi connectivity index (χ0v) is 21.0. The third-order valence-corrected chi connectivity index (χ3v) is 6.73. The Morgan fingerprint density at radius 1 is 0.868 bits per heavy atom. The molecule has 5 N–H and O–H groups in total. The molecular weight excluding hydrogens is 539 g/mol. The van der Waals surface area contributed by atoms with Gasteiger partial charge < -0.3 is 20.5 Å². The van der Waals surface area contributed by atoms with Gasteiger partial charge in [-0.3, -0.25) is 25.4 Å². The number of halogens is 2. The van der Waals surface area contributed by atoms with Crippen molar-refractivity contribution in [3.8, 4) is 11.1 Å². The third kappa shape index (κ3) is 5.27. The Morgan fingerprint density at radius 2 is 1.39 bits per heavy atom. The molecular formula is C25H22Cl2N4O7. The first-order valence-electron chi connectivity index (χ1n) is 11.5. The van der Waals surface area contributed by atoms with Gasteiger partial charge in [-0.25, -0.2) is 9.59 Å². The molecule has 0 aromatic heterocycles. The average molecular weight is 561 g/mol. The predicted octanol–water partition coefficient (Wildman–Crippen LogP) is 2.43. The number of hydroxylamine groups is 2. The van der Waals surface area contributed by atoms with E-state index in [0.29, 0.717) is 0 Å². The van der Waals surface area contributed by atoms with Crippen LogP contribution in [0.1, 0.15) is 17.0 Å². The summed E-state index contributed by atoms with van der Waals surface area (Å²) in [5.41, 5.74) is 8.89. The van der Waals surface area contributed by atoms with E-state index in [-0.39, 0.29) is 22.8 Å². The third-order valence-electron chi connectivity index (χ3n) is 6.33. The van der Waals surface area contributed by atoms with Crippen LogP contribution in [0, 0.1) is 0 Å². The summed E-state index contributed by atoms with van der Waals surface area (Å²) in [5.74, 6) is -2.45. The molecule has 11 nitrogen and oxygen atoms in total. The van der Waals surface area contributed by atoms with Crippen molar-refractivity contribution in [2.45, 2.75) is 30.2 Å². The zero-order chi connectivity index (χ0) is 26.8. The molecule has 2 aliphatic heterocycles. The molecule has 2 amide bonds. The first-order chi connectivity index (χ1) is 18.3. The van der Waals surface area contributed by atoms with Crippen molar-refractivity contribution in [1.82, 2.24) is 21.6 Å². The van der Waals surface area contributed by atoms with Gasteiger partial charge in [0.1, 0.15) is 35.2 Å². The minimum atomic E-state index is -1.52. The van der Waals surface area contributed by atoms with Crippen LogP contribution in [0.25, 0.3) is 11.1 Å². The second kappa shape index (κ2) is 10.9. The predicted molar refractivity (Wildman–Crippen MR) is 135 cm³/mol. The zero-order valence-electron chi connectivity index (χ0n) is 19.5. The molecule has 3 aliphatic rings. The fraction of sp³-hybridized carbons (Fsp3) is 0.240. The fourth-order valence-electron chi connectivity index (χ4n) is 4.59. The van der Waals surface area contributed by atoms with Gasteiger partial charge in [0.05, 0.1) is 0 Å². The summed E-state index contributed by atoms with van der Waals surface area (Å²) in [4.78, 5) is 48.2. The lowest BCUT2D eigenvalue weighted by Gasteiger charge is -2.25. The van der Waals surface area contributed by atoms with Gasteiger partial charge in [-0.2, -0.15) is 0 Å². The van der Waals surface area contributed by atoms with Crippen LogP contribution in [0.15, 0.2) is 71.0 Å². The van der Waals surface area contributed by atoms with E-state index in [9.17, 15) is 19.5 Å². The molecule has 0 fully saturated rings. The molecule has 0 spiro atoms. The lowest BCUT2D eigenvalue weighted by atomic mass is 9.98. The van der Waals surface area contributed by atoms with E-state index in [4.69, 9.17) is 37.6 Å². The number of aliphatic carboxylic acids is 1. The van der Waals surface area contributed by atoms with Gasteiger partial charge in [0.2, 0.25) is 5.91 Å². The Balaban J connectivity index is 1.29. The van der Waals surface area contributed by atoms with Gasteiger partial charge >= 0.3 is 12.1 Å². The van der Waals surface area contributed by atoms with Crippen molar-refractivity contribution >= 4 is 41.2 Å². The molecule has 0 radical (unpaired) electrons. The first kappa shape index (κ1) is 25.9. The van der Waals surface area contributed by atoms with Crippen LogP contribution >= 0.6 is 23.2 Å². The summed E-state index contributed by atoms with van der Waals surface area (Å²) in [6, 6.07) is 12.8. The lowest BCUT2D eigenvalue weighted by molar-refractivity contribution is -0.147. The van der Waals surface area contributed by atoms with Crippen LogP contribution in [0.3, 0.4) is 0 Å². The second-order valence-corrected chi connectivity index (χ2v) is 9.48. The number of carboxylic acids is 1. The van der Waals surface area contributed by atoms with Crippen LogP contribution in [0.2, 0.25) is 0 Å². The number of rotatable bonds is 8. The summed E-state index contributed by atoms with van der Waals surface area (Å²) in [7, 11) is 0. The number of fused-ring (bicyclic) bond motifs is 3. The van der Waals surface area contributed by atoms with Crippen molar-refractivity contribution in [2.24, 2.45) is 0 Å². The molecule has 0 saturated heterocycles. The molecule has 4 unspecified atom stereocenters. The Bertz CT molecular complexity index is 1290. The number of carboxylic acid groups (broad SMARTS) is 1. The number of alkyl carbamates (subject to hydrolysis) is 1. The normalized spacial score (nSPS) is 21.1. The second-order valence-electron chi connectivity index (χ2n) is 8.67. The maximum absolute atomic E-state index is 13.2. The lowest BCUT2D eigenvalue weighted by Crippen LogP contribution is -2.58. The van der Waals surface area contributed by atoms with Crippen molar-refractivity contribution in [1.29, 1.82) is 0 Å². The van der Waals surface area contributed by atoms with Crippen molar-refractivity contribution in [3.05, 3.63) is 82.1 Å². The molecule has 0 bridgehead atoms. The summed E-state index contributed by atoms with van der Waals surface area (Å²) in [5, 5.41) is 14.6. The van der Waals surface area contributed by atoms with E-state index in [1.807, 2.05) is 48.5 Å². The summed E-state index contributed by atoms with van der Waals surface area (Å²) in [6.07, 6.45) is -0.407. The molecule has 38 heavy (non-hydrogen) atoms. The molecule has 2 heterocycles. The Labute approximate surface area is 226 Å². The summed E-state index contributed by atoms with van der Waals surface area (Å²) < 4.78 is 5.54. The highest BCUT2D eigenvalue weighted by atomic mass is 35.5. The number of hydrogen-bond acceptors (Lipinski definition) is 8. The Kier molecular flexibility index (Phi) is 7.43. The number of ether oxygens (including phenoxy) is 1. The number of benzene rings is 2. The number of carbonyl (C=O) groups is 3. The van der Waals surface area contributed by atoms with E-state index in [0.717, 1.165) is 22.3 Å². The maximum Gasteiger partial charge on any atom is 0.407 e. The average Bonchev–Trinajstić information content (AvgIpc) is 3.61. The largest absolute Gasteiger partial charge is 0.480 e. The van der Waals surface area contributed by atoms with Gasteiger partial charge in [-0.05, 0) is 34.4 Å². The molecule has 0 saturated carbocycles. The van der Waals surface area contributed by atoms with Crippen molar-refractivity contribution < 1.29 is 33.9 Å². The summed E-state index contributed by atoms with van der Waals surface area (Å²) >= 11 is 11.7. The number of carbonyl (C=O) groups excluding carboxylic acids is 2. The number of nitrogens with one attached hydrogen (secondary N) is 4. The van der Waals surface area contributed by atoms with Gasteiger partial charge in [0.15, 0.2) is 6.04 Å². The highest BCUT2D eigenvalue weighted by molar-refractivity contribution is 6.29. The van der Waals surface area contributed by atoms with Crippen LogP contribution in [0.4, 0.5) is 4.79 Å². The standard InChI is InChI=1S/C25H22Cl2N4O7/c26-19-9-17(37-30-19)21(23(32)28-22(24(33)34)18-10-20(27)31-38-18)29-25(35)36-11-16-14-7-3-1-5-12(14)13-6-2-4-8-15(13)16/h1-10,16-18,21-22,30-31H,11H2,(H,28,32)(H,29,35)(H,33,34). The van der Waals surface area contributed by atoms with E-state index in [2.05, 4.69) is 21.6 Å². The minimum Gasteiger partial charge on any atom is -0.480 e. The van der Waals surface area contributed by atoms with E-state index in [1.165, 1.54) is 12.2 Å². The van der Waals surface area contributed by atoms with Crippen LogP contribution in [0.5, 0.6) is 0 Å². The number of hydrogen-bond donors (Lipinski definition) is 5. The van der Waals surface area contributed by atoms with Crippen LogP contribution < -0.4 is 21.6 Å². The van der Waals surface area contributed by atoms with Crippen molar-refractivity contribution in [3.63, 3.8) is 0 Å². The SMILES string of the molecule is O=C(NC(C(=O)NC(C(=O)O)C1C=C(Cl)NO1)C1C=C(Cl)NO1)OCC1c2ccccc2-c2ccccc21. The molecule has 5 rings (SSSR count). The van der Waals surface area contributed by atoms with E-state index >= 15 is 0 Å². The molecule has 198 valence electrons. The topological polar surface area (TPSA) is 147 Å². The Morgan fingerprint density at radius 3 is 1.89 bits per heavy atom. The Hall–Kier alpha value is -3.77. The number of amides is 2. The van der Waals surface area contributed by atoms with Gasteiger partial charge in [-0.15, -0.1) is 0 Å². The molecule has 2 aromatic carbocycles. The van der Waals surface area contributed by atoms with Crippen LogP contribution in [-0.4, -0.2) is 54.0 Å². The molecule has 13 heteroatoms. The smallest absolute Gasteiger partial charge is 0.407 e. The maximum atomic E-state index is 13.2. The van der Waals surface area contributed by atoms with Crippen molar-refractivity contribution in [2.75, 3.05) is 6.61 Å². The summed E-state index contributed by atoms with van der Waals surface area (Å²) in [6.45, 7) is 0.0111. The van der Waals surface area contributed by atoms with Gasteiger partial charge in [0.25, 0.3) is 0 Å². The van der Waals surface area contributed by atoms with Gasteiger partial charge in [0, 0.05) is 5.92 Å². The molecule has 4 atom stereocenters. The highest BCUT2D eigenvalue weighted by Crippen LogP contribution is 2.44. The first-order valence-corrected chi connectivity index (χ1v) is 12.3. The highest BCUT2D eigenvalue weighted by Gasteiger charge is 2.39. The van der Waals surface area contributed by atoms with E-state index < -0.39 is 42.3 Å². The van der Waals surface area contributed by atoms with Crippen LogP contribution in [-0.2, 0) is 24.0 Å². The minimum absolute atomic E-state index is 0.0111. The monoisotopic (exact) mass is 560 g/mol. The molecule has 2 aromatic rings. The quantitative estimate of drug-likeness (QED) is 0.307. The van der Waals surface area contributed by atoms with Gasteiger partial charge in [-0.1, -0.05) is 71.7 Å². The molecule has 1 aliphatic carbocycles. The van der Waals surface area contributed by atoms with E-state index in [1.54, 1.807) is 0 Å².